The van der Waals surface area contributed by atoms with Crippen LogP contribution >= 0.6 is 23.1 Å². The van der Waals surface area contributed by atoms with Gasteiger partial charge in [-0.25, -0.2) is 9.59 Å². The Balaban J connectivity index is 2.51. The molecular formula is C7H9N3O4S2. The third kappa shape index (κ3) is 4.03. The fourth-order valence-corrected chi connectivity index (χ4v) is 2.05. The maximum absolute atomic E-state index is 11.0. The van der Waals surface area contributed by atoms with Crippen molar-refractivity contribution in [2.45, 2.75) is 11.3 Å². The van der Waals surface area contributed by atoms with Gasteiger partial charge in [0, 0.05) is 11.8 Å². The number of aromatic nitrogens is 2. The van der Waals surface area contributed by atoms with Crippen molar-refractivity contribution >= 4 is 39.6 Å². The van der Waals surface area contributed by atoms with E-state index in [1.807, 2.05) is 0 Å². The molecule has 0 atom stereocenters. The van der Waals surface area contributed by atoms with Crippen LogP contribution in [0.4, 0.5) is 14.7 Å². The number of ether oxygens (including phenoxy) is 2. The van der Waals surface area contributed by atoms with Crippen molar-refractivity contribution in [2.75, 3.05) is 19.0 Å². The van der Waals surface area contributed by atoms with Crippen LogP contribution in [0, 0.1) is 0 Å². The third-order valence-electron chi connectivity index (χ3n) is 1.23. The summed E-state index contributed by atoms with van der Waals surface area (Å²) < 4.78 is 9.47. The molecule has 7 nitrogen and oxygen atoms in total. The van der Waals surface area contributed by atoms with Gasteiger partial charge < -0.3 is 9.47 Å². The lowest BCUT2D eigenvalue weighted by Crippen LogP contribution is -2.12. The SMILES string of the molecule is CCOC(=O)Nc1nnc(SC(=O)OC)s1. The summed E-state index contributed by atoms with van der Waals surface area (Å²) in [5.41, 5.74) is 0. The number of carbonyl (C=O) groups excluding carboxylic acids is 2. The summed E-state index contributed by atoms with van der Waals surface area (Å²) in [4.78, 5) is 21.9. The van der Waals surface area contributed by atoms with Gasteiger partial charge >= 0.3 is 11.4 Å². The molecular weight excluding hydrogens is 254 g/mol. The van der Waals surface area contributed by atoms with Gasteiger partial charge in [-0.2, -0.15) is 0 Å². The minimum absolute atomic E-state index is 0.268. The molecule has 0 saturated heterocycles. The minimum Gasteiger partial charge on any atom is -0.461 e. The Hall–Kier alpha value is -1.35. The summed E-state index contributed by atoms with van der Waals surface area (Å²) in [6.07, 6.45) is -0.603. The number of anilines is 1. The lowest BCUT2D eigenvalue weighted by Gasteiger charge is -1.99. The fourth-order valence-electron chi connectivity index (χ4n) is 0.669. The second-order valence-electron chi connectivity index (χ2n) is 2.27. The average molecular weight is 263 g/mol. The van der Waals surface area contributed by atoms with Crippen molar-refractivity contribution in [2.24, 2.45) is 0 Å². The van der Waals surface area contributed by atoms with Gasteiger partial charge in [0.15, 0.2) is 4.34 Å². The molecule has 0 radical (unpaired) electrons. The van der Waals surface area contributed by atoms with Crippen LogP contribution < -0.4 is 5.32 Å². The highest BCUT2D eigenvalue weighted by molar-refractivity contribution is 8.14. The van der Waals surface area contributed by atoms with Crippen molar-refractivity contribution in [3.8, 4) is 0 Å². The number of carbonyl (C=O) groups is 2. The highest BCUT2D eigenvalue weighted by atomic mass is 32.2. The van der Waals surface area contributed by atoms with E-state index in [1.165, 1.54) is 7.11 Å². The predicted octanol–water partition coefficient (Wildman–Crippen LogP) is 1.96. The quantitative estimate of drug-likeness (QED) is 0.506. The molecule has 1 N–H and O–H groups in total. The van der Waals surface area contributed by atoms with Crippen LogP contribution in [-0.2, 0) is 9.47 Å². The zero-order valence-electron chi connectivity index (χ0n) is 8.55. The Morgan fingerprint density at radius 3 is 2.88 bits per heavy atom. The number of nitrogens with zero attached hydrogens (tertiary/aromatic N) is 2. The molecule has 0 aliphatic heterocycles. The maximum Gasteiger partial charge on any atom is 0.413 e. The van der Waals surface area contributed by atoms with Gasteiger partial charge in [-0.3, -0.25) is 5.32 Å². The zero-order chi connectivity index (χ0) is 12.0. The molecule has 0 aliphatic rings. The summed E-state index contributed by atoms with van der Waals surface area (Å²) in [5, 5.41) is 9.49. The Bertz CT molecular complexity index is 381. The number of methoxy groups -OCH3 is 1. The molecule has 88 valence electrons. The number of nitrogens with one attached hydrogen (secondary N) is 1. The van der Waals surface area contributed by atoms with E-state index >= 15 is 0 Å². The van der Waals surface area contributed by atoms with Gasteiger partial charge in [-0.1, -0.05) is 11.3 Å². The van der Waals surface area contributed by atoms with E-state index in [9.17, 15) is 9.59 Å². The normalized spacial score (nSPS) is 9.62. The summed E-state index contributed by atoms with van der Waals surface area (Å²) >= 11 is 1.86. The lowest BCUT2D eigenvalue weighted by atomic mass is 10.9. The molecule has 0 aromatic carbocycles. The van der Waals surface area contributed by atoms with E-state index in [1.54, 1.807) is 6.92 Å². The van der Waals surface area contributed by atoms with Crippen molar-refractivity contribution < 1.29 is 19.1 Å². The second-order valence-corrected chi connectivity index (χ2v) is 4.43. The molecule has 0 unspecified atom stereocenters. The topological polar surface area (TPSA) is 90.4 Å². The molecule has 9 heteroatoms. The monoisotopic (exact) mass is 263 g/mol. The van der Waals surface area contributed by atoms with Crippen molar-refractivity contribution in [1.29, 1.82) is 0 Å². The van der Waals surface area contributed by atoms with Crippen LogP contribution in [0.1, 0.15) is 6.92 Å². The van der Waals surface area contributed by atoms with Gasteiger partial charge in [0.2, 0.25) is 5.13 Å². The van der Waals surface area contributed by atoms with E-state index in [2.05, 4.69) is 25.0 Å². The van der Waals surface area contributed by atoms with E-state index in [0.717, 1.165) is 23.1 Å². The van der Waals surface area contributed by atoms with E-state index in [4.69, 9.17) is 0 Å². The maximum atomic E-state index is 11.0. The highest BCUT2D eigenvalue weighted by Gasteiger charge is 2.12. The molecule has 1 aromatic rings. The van der Waals surface area contributed by atoms with Gasteiger partial charge in [-0.15, -0.1) is 10.2 Å². The molecule has 1 aromatic heterocycles. The van der Waals surface area contributed by atoms with Crippen LogP contribution in [0.15, 0.2) is 4.34 Å². The van der Waals surface area contributed by atoms with Gasteiger partial charge in [0.05, 0.1) is 13.7 Å². The summed E-state index contributed by atoms with van der Waals surface area (Å²) in [5.74, 6) is 0. The van der Waals surface area contributed by atoms with Gasteiger partial charge in [0.25, 0.3) is 0 Å². The molecule has 1 amide bonds. The Morgan fingerprint density at radius 1 is 1.50 bits per heavy atom. The molecule has 0 bridgehead atoms. The van der Waals surface area contributed by atoms with Crippen LogP contribution in [-0.4, -0.2) is 35.3 Å². The van der Waals surface area contributed by atoms with Crippen LogP contribution in [0.2, 0.25) is 0 Å². The number of thioether (sulfide) groups is 1. The van der Waals surface area contributed by atoms with Crippen molar-refractivity contribution in [3.63, 3.8) is 0 Å². The Kier molecular flexibility index (Phi) is 4.99. The summed E-state index contributed by atoms with van der Waals surface area (Å²) in [6.45, 7) is 1.96. The minimum atomic E-state index is -0.603. The number of hydrogen-bond acceptors (Lipinski definition) is 8. The molecule has 0 saturated carbocycles. The van der Waals surface area contributed by atoms with Crippen molar-refractivity contribution in [3.05, 3.63) is 0 Å². The molecule has 16 heavy (non-hydrogen) atoms. The first-order valence-corrected chi connectivity index (χ1v) is 5.82. The Morgan fingerprint density at radius 2 is 2.25 bits per heavy atom. The van der Waals surface area contributed by atoms with Gasteiger partial charge in [0.1, 0.15) is 0 Å². The van der Waals surface area contributed by atoms with Crippen LogP contribution in [0.5, 0.6) is 0 Å². The van der Waals surface area contributed by atoms with E-state index in [0.29, 0.717) is 4.34 Å². The molecule has 0 fully saturated rings. The first-order chi connectivity index (χ1) is 7.65. The largest absolute Gasteiger partial charge is 0.461 e. The number of hydrogen-bond donors (Lipinski definition) is 1. The first-order valence-electron chi connectivity index (χ1n) is 4.18. The highest BCUT2D eigenvalue weighted by Crippen LogP contribution is 2.26. The van der Waals surface area contributed by atoms with Gasteiger partial charge in [-0.05, 0) is 6.92 Å². The van der Waals surface area contributed by atoms with Crippen LogP contribution in [0.3, 0.4) is 0 Å². The summed E-state index contributed by atoms with van der Waals surface area (Å²) in [7, 11) is 1.27. The Labute approximate surface area is 99.5 Å². The van der Waals surface area contributed by atoms with E-state index < -0.39 is 11.4 Å². The zero-order valence-corrected chi connectivity index (χ0v) is 10.2. The van der Waals surface area contributed by atoms with Crippen molar-refractivity contribution in [1.82, 2.24) is 10.2 Å². The number of amides is 1. The predicted molar refractivity (Wildman–Crippen MR) is 58.8 cm³/mol. The summed E-state index contributed by atoms with van der Waals surface area (Å²) in [6, 6.07) is 0. The molecule has 0 aliphatic carbocycles. The van der Waals surface area contributed by atoms with Crippen LogP contribution in [0.25, 0.3) is 0 Å². The molecule has 1 rings (SSSR count). The fraction of sp³-hybridized carbons (Fsp3) is 0.429. The first kappa shape index (κ1) is 12.7. The third-order valence-corrected chi connectivity index (χ3v) is 2.95. The molecule has 1 heterocycles. The average Bonchev–Trinajstić information content (AvgIpc) is 2.65. The lowest BCUT2D eigenvalue weighted by molar-refractivity contribution is 0.168. The molecule has 0 spiro atoms. The smallest absolute Gasteiger partial charge is 0.413 e. The number of rotatable bonds is 3. The van der Waals surface area contributed by atoms with E-state index in [-0.39, 0.29) is 11.7 Å². The second kappa shape index (κ2) is 6.28. The standard InChI is InChI=1S/C7H9N3O4S2/c1-3-14-5(11)8-4-9-10-6(15-4)16-7(12)13-2/h3H2,1-2H3,(H,8,9,11).